The molecule has 2 nitrogen and oxygen atoms in total. The van der Waals surface area contributed by atoms with Gasteiger partial charge in [0.25, 0.3) is 0 Å². The van der Waals surface area contributed by atoms with Gasteiger partial charge in [0.05, 0.1) is 11.8 Å². The standard InChI is InChI=1S/C17H24F3N.C7H9F3O/c1-15(2,3)13-5-4-6-14(11-13)16(21)9-7-12(8-10-16)17(18,19)20;8-7(9,10)5-1-3-6(11)4-2-5/h4-6,11-12H,7-10,21H2,1-3H3;5H,1-4H2. The van der Waals surface area contributed by atoms with E-state index in [0.717, 1.165) is 5.56 Å². The second-order valence-electron chi connectivity index (χ2n) is 10.2. The van der Waals surface area contributed by atoms with Crippen LogP contribution in [0.5, 0.6) is 0 Å². The lowest BCUT2D eigenvalue weighted by atomic mass is 9.72. The van der Waals surface area contributed by atoms with E-state index < -0.39 is 29.7 Å². The average Bonchev–Trinajstić information content (AvgIpc) is 2.67. The van der Waals surface area contributed by atoms with Gasteiger partial charge in [-0.05, 0) is 55.1 Å². The lowest BCUT2D eigenvalue weighted by molar-refractivity contribution is -0.185. The third kappa shape index (κ3) is 7.22. The summed E-state index contributed by atoms with van der Waals surface area (Å²) in [6.45, 7) is 6.36. The van der Waals surface area contributed by atoms with Crippen molar-refractivity contribution in [1.29, 1.82) is 0 Å². The summed E-state index contributed by atoms with van der Waals surface area (Å²) in [7, 11) is 0. The molecule has 2 saturated carbocycles. The number of alkyl halides is 6. The van der Waals surface area contributed by atoms with E-state index in [-0.39, 0.29) is 49.7 Å². The number of carbonyl (C=O) groups excluding carboxylic acids is 1. The maximum absolute atomic E-state index is 12.8. The predicted molar refractivity (Wildman–Crippen MR) is 112 cm³/mol. The van der Waals surface area contributed by atoms with Crippen LogP contribution in [0.2, 0.25) is 0 Å². The first-order valence-corrected chi connectivity index (χ1v) is 11.1. The number of halogens is 6. The van der Waals surface area contributed by atoms with Crippen LogP contribution >= 0.6 is 0 Å². The van der Waals surface area contributed by atoms with Gasteiger partial charge in [-0.3, -0.25) is 4.79 Å². The van der Waals surface area contributed by atoms with Gasteiger partial charge in [-0.15, -0.1) is 0 Å². The van der Waals surface area contributed by atoms with Gasteiger partial charge < -0.3 is 5.73 Å². The van der Waals surface area contributed by atoms with Gasteiger partial charge in [0, 0.05) is 18.4 Å². The fourth-order valence-electron chi connectivity index (χ4n) is 4.31. The Labute approximate surface area is 185 Å². The number of ketones is 1. The number of hydrogen-bond donors (Lipinski definition) is 1. The van der Waals surface area contributed by atoms with Crippen molar-refractivity contribution in [2.75, 3.05) is 0 Å². The van der Waals surface area contributed by atoms with Crippen LogP contribution in [0.4, 0.5) is 26.3 Å². The third-order valence-electron chi connectivity index (χ3n) is 6.65. The molecule has 0 bridgehead atoms. The molecule has 2 aliphatic carbocycles. The number of nitrogens with two attached hydrogens (primary N) is 1. The highest BCUT2D eigenvalue weighted by Crippen LogP contribution is 2.44. The van der Waals surface area contributed by atoms with Gasteiger partial charge in [0.2, 0.25) is 0 Å². The molecule has 0 aliphatic heterocycles. The minimum absolute atomic E-state index is 0.00947. The third-order valence-corrected chi connectivity index (χ3v) is 6.65. The molecule has 0 unspecified atom stereocenters. The van der Waals surface area contributed by atoms with Crippen molar-refractivity contribution in [3.63, 3.8) is 0 Å². The molecule has 2 fully saturated rings. The van der Waals surface area contributed by atoms with Gasteiger partial charge in [-0.2, -0.15) is 26.3 Å². The number of Topliss-reactive ketones (excluding diaryl/α,β-unsaturated/α-hetero) is 1. The normalized spacial score (nSPS) is 25.8. The van der Waals surface area contributed by atoms with Gasteiger partial charge in [-0.1, -0.05) is 45.0 Å². The predicted octanol–water partition coefficient (Wildman–Crippen LogP) is 7.20. The molecule has 1 aromatic carbocycles. The molecule has 32 heavy (non-hydrogen) atoms. The number of hydrogen-bond acceptors (Lipinski definition) is 2. The van der Waals surface area contributed by atoms with E-state index in [1.807, 2.05) is 18.2 Å². The fourth-order valence-corrected chi connectivity index (χ4v) is 4.31. The summed E-state index contributed by atoms with van der Waals surface area (Å²) in [4.78, 5) is 10.6. The Hall–Kier alpha value is -1.57. The molecule has 182 valence electrons. The summed E-state index contributed by atoms with van der Waals surface area (Å²) >= 11 is 0. The van der Waals surface area contributed by atoms with E-state index in [0.29, 0.717) is 12.8 Å². The first-order chi connectivity index (χ1) is 14.5. The largest absolute Gasteiger partial charge is 0.391 e. The minimum Gasteiger partial charge on any atom is -0.321 e. The second kappa shape index (κ2) is 9.74. The van der Waals surface area contributed by atoms with Crippen LogP contribution in [0.1, 0.15) is 83.3 Å². The molecule has 8 heteroatoms. The zero-order chi connectivity index (χ0) is 24.4. The zero-order valence-electron chi connectivity index (χ0n) is 18.9. The van der Waals surface area contributed by atoms with Crippen LogP contribution in [0.3, 0.4) is 0 Å². The van der Waals surface area contributed by atoms with Crippen molar-refractivity contribution in [1.82, 2.24) is 0 Å². The minimum atomic E-state index is -4.10. The Morgan fingerprint density at radius 2 is 1.31 bits per heavy atom. The van der Waals surface area contributed by atoms with E-state index in [2.05, 4.69) is 26.8 Å². The summed E-state index contributed by atoms with van der Waals surface area (Å²) in [6.07, 6.45) is -6.97. The zero-order valence-corrected chi connectivity index (χ0v) is 18.9. The molecule has 0 saturated heterocycles. The van der Waals surface area contributed by atoms with E-state index in [4.69, 9.17) is 5.73 Å². The Bertz CT molecular complexity index is 760. The van der Waals surface area contributed by atoms with E-state index in [1.54, 1.807) is 0 Å². The van der Waals surface area contributed by atoms with E-state index >= 15 is 0 Å². The summed E-state index contributed by atoms with van der Waals surface area (Å²) < 4.78 is 74.2. The van der Waals surface area contributed by atoms with Gasteiger partial charge in [0.1, 0.15) is 5.78 Å². The summed E-state index contributed by atoms with van der Waals surface area (Å²) in [5, 5.41) is 0. The van der Waals surface area contributed by atoms with Gasteiger partial charge >= 0.3 is 12.4 Å². The second-order valence-corrected chi connectivity index (χ2v) is 10.2. The van der Waals surface area contributed by atoms with Gasteiger partial charge in [-0.25, -0.2) is 0 Å². The molecule has 0 heterocycles. The maximum atomic E-state index is 12.8. The summed E-state index contributed by atoms with van der Waals surface area (Å²) in [6, 6.07) is 8.02. The fraction of sp³-hybridized carbons (Fsp3) is 0.708. The van der Waals surface area contributed by atoms with Crippen molar-refractivity contribution in [3.8, 4) is 0 Å². The molecule has 1 aromatic rings. The van der Waals surface area contributed by atoms with Crippen LogP contribution in [0.15, 0.2) is 24.3 Å². The topological polar surface area (TPSA) is 43.1 Å². The smallest absolute Gasteiger partial charge is 0.321 e. The van der Waals surface area contributed by atoms with Crippen LogP contribution in [-0.4, -0.2) is 18.1 Å². The summed E-state index contributed by atoms with van der Waals surface area (Å²) in [5.41, 5.74) is 7.96. The number of rotatable bonds is 1. The molecule has 0 amide bonds. The molecule has 0 radical (unpaired) electrons. The lowest BCUT2D eigenvalue weighted by Gasteiger charge is -2.38. The molecule has 3 rings (SSSR count). The highest BCUT2D eigenvalue weighted by molar-refractivity contribution is 5.79. The SMILES string of the molecule is CC(C)(C)c1cccc(C2(N)CCC(C(F)(F)F)CC2)c1.O=C1CCC(C(F)(F)F)CC1. The Morgan fingerprint density at radius 1 is 0.844 bits per heavy atom. The van der Waals surface area contributed by atoms with Crippen molar-refractivity contribution in [2.24, 2.45) is 17.6 Å². The van der Waals surface area contributed by atoms with Crippen LogP contribution < -0.4 is 5.73 Å². The monoisotopic (exact) mass is 465 g/mol. The lowest BCUT2D eigenvalue weighted by Crippen LogP contribution is -2.43. The van der Waals surface area contributed by atoms with E-state index in [1.165, 1.54) is 5.56 Å². The van der Waals surface area contributed by atoms with Crippen molar-refractivity contribution >= 4 is 5.78 Å². The Kier molecular flexibility index (Phi) is 8.12. The Balaban J connectivity index is 0.000000278. The quantitative estimate of drug-likeness (QED) is 0.446. The summed E-state index contributed by atoms with van der Waals surface area (Å²) in [5.74, 6) is -2.47. The molecule has 2 aliphatic rings. The molecule has 0 aromatic heterocycles. The maximum Gasteiger partial charge on any atom is 0.391 e. The first-order valence-electron chi connectivity index (χ1n) is 11.1. The van der Waals surface area contributed by atoms with Crippen molar-refractivity contribution in [3.05, 3.63) is 35.4 Å². The molecule has 2 N–H and O–H groups in total. The van der Waals surface area contributed by atoms with E-state index in [9.17, 15) is 31.1 Å². The molecular weight excluding hydrogens is 432 g/mol. The molecular formula is C24H33F6NO. The van der Waals surface area contributed by atoms with Gasteiger partial charge in [0.15, 0.2) is 0 Å². The van der Waals surface area contributed by atoms with Crippen molar-refractivity contribution in [2.45, 2.75) is 95.4 Å². The average molecular weight is 466 g/mol. The number of benzene rings is 1. The van der Waals surface area contributed by atoms with Crippen LogP contribution in [0.25, 0.3) is 0 Å². The highest BCUT2D eigenvalue weighted by atomic mass is 19.4. The van der Waals surface area contributed by atoms with Crippen LogP contribution in [-0.2, 0) is 15.7 Å². The Morgan fingerprint density at radius 3 is 1.75 bits per heavy atom. The molecule has 0 atom stereocenters. The first kappa shape index (κ1) is 26.7. The highest BCUT2D eigenvalue weighted by Gasteiger charge is 2.45. The van der Waals surface area contributed by atoms with Crippen molar-refractivity contribution < 1.29 is 31.1 Å². The number of carbonyl (C=O) groups is 1. The molecule has 0 spiro atoms. The van der Waals surface area contributed by atoms with Crippen LogP contribution in [0, 0.1) is 11.8 Å².